The maximum atomic E-state index is 12.1. The molecule has 0 N–H and O–H groups in total. The molecule has 1 aliphatic carbocycles. The normalized spacial score (nSPS) is 21.0. The van der Waals surface area contributed by atoms with Crippen LogP contribution in [0.25, 0.3) is 0 Å². The average molecular weight is 292 g/mol. The number of hydrogen-bond donors (Lipinski definition) is 0. The van der Waals surface area contributed by atoms with E-state index >= 15 is 0 Å². The van der Waals surface area contributed by atoms with Crippen LogP contribution in [0.3, 0.4) is 0 Å². The van der Waals surface area contributed by atoms with Crippen LogP contribution in [0.2, 0.25) is 19.6 Å². The lowest BCUT2D eigenvalue weighted by atomic mass is 9.93. The van der Waals surface area contributed by atoms with Gasteiger partial charge in [0, 0.05) is 12.3 Å². The van der Waals surface area contributed by atoms with Gasteiger partial charge in [-0.05, 0) is 50.2 Å². The van der Waals surface area contributed by atoms with E-state index in [-0.39, 0.29) is 12.0 Å². The molecule has 0 aliphatic heterocycles. The molecule has 1 aliphatic rings. The first-order chi connectivity index (χ1) is 9.40. The minimum absolute atomic E-state index is 0.00818. The molecule has 0 amide bonds. The van der Waals surface area contributed by atoms with E-state index in [1.807, 2.05) is 24.3 Å². The Morgan fingerprint density at radius 3 is 2.60 bits per heavy atom. The Bertz CT molecular complexity index is 479. The SMILES string of the molecule is COc1cccc([C@H](O[Si](C)(C)C)[C@H]2CCCC2=O)c1. The second kappa shape index (κ2) is 6.10. The molecule has 1 fully saturated rings. The van der Waals surface area contributed by atoms with Gasteiger partial charge in [-0.15, -0.1) is 0 Å². The Morgan fingerprint density at radius 1 is 1.30 bits per heavy atom. The fourth-order valence-electron chi connectivity index (χ4n) is 2.74. The van der Waals surface area contributed by atoms with Gasteiger partial charge in [0.1, 0.15) is 11.5 Å². The predicted molar refractivity (Wildman–Crippen MR) is 82.5 cm³/mol. The largest absolute Gasteiger partial charge is 0.497 e. The van der Waals surface area contributed by atoms with E-state index < -0.39 is 8.32 Å². The smallest absolute Gasteiger partial charge is 0.184 e. The lowest BCUT2D eigenvalue weighted by Gasteiger charge is -2.30. The fraction of sp³-hybridized carbons (Fsp3) is 0.562. The molecule has 1 aromatic carbocycles. The molecule has 0 heterocycles. The van der Waals surface area contributed by atoms with Gasteiger partial charge in [0.15, 0.2) is 8.32 Å². The van der Waals surface area contributed by atoms with Crippen LogP contribution in [-0.4, -0.2) is 21.2 Å². The van der Waals surface area contributed by atoms with Crippen molar-refractivity contribution in [2.24, 2.45) is 5.92 Å². The van der Waals surface area contributed by atoms with Crippen molar-refractivity contribution in [2.75, 3.05) is 7.11 Å². The van der Waals surface area contributed by atoms with E-state index in [9.17, 15) is 4.79 Å². The summed E-state index contributed by atoms with van der Waals surface area (Å²) < 4.78 is 11.6. The second-order valence-corrected chi connectivity index (χ2v) is 10.9. The van der Waals surface area contributed by atoms with Crippen molar-refractivity contribution in [3.8, 4) is 5.75 Å². The van der Waals surface area contributed by atoms with Crippen LogP contribution in [0.5, 0.6) is 5.75 Å². The van der Waals surface area contributed by atoms with E-state index in [1.165, 1.54) is 0 Å². The van der Waals surface area contributed by atoms with Gasteiger partial charge in [0.25, 0.3) is 0 Å². The minimum Gasteiger partial charge on any atom is -0.497 e. The number of Topliss-reactive ketones (excluding diaryl/α,β-unsaturated/α-hetero) is 1. The Balaban J connectivity index is 2.32. The van der Waals surface area contributed by atoms with E-state index in [1.54, 1.807) is 7.11 Å². The average Bonchev–Trinajstić information content (AvgIpc) is 2.81. The highest BCUT2D eigenvalue weighted by atomic mass is 28.4. The number of methoxy groups -OCH3 is 1. The molecule has 2 rings (SSSR count). The first kappa shape index (κ1) is 15.3. The molecule has 110 valence electrons. The lowest BCUT2D eigenvalue weighted by Crippen LogP contribution is -2.32. The highest BCUT2D eigenvalue weighted by Crippen LogP contribution is 2.38. The Morgan fingerprint density at radius 2 is 2.05 bits per heavy atom. The van der Waals surface area contributed by atoms with Crippen LogP contribution in [0.1, 0.15) is 30.9 Å². The third kappa shape index (κ3) is 3.70. The molecule has 3 nitrogen and oxygen atoms in total. The number of ketones is 1. The zero-order chi connectivity index (χ0) is 14.8. The van der Waals surface area contributed by atoms with Gasteiger partial charge in [-0.2, -0.15) is 0 Å². The number of ether oxygens (including phenoxy) is 1. The third-order valence-electron chi connectivity index (χ3n) is 3.62. The molecule has 2 atom stereocenters. The number of carbonyl (C=O) groups excluding carboxylic acids is 1. The van der Waals surface area contributed by atoms with Crippen LogP contribution >= 0.6 is 0 Å². The van der Waals surface area contributed by atoms with Gasteiger partial charge >= 0.3 is 0 Å². The van der Waals surface area contributed by atoms with Gasteiger partial charge < -0.3 is 9.16 Å². The van der Waals surface area contributed by atoms with E-state index in [4.69, 9.17) is 9.16 Å². The summed E-state index contributed by atoms with van der Waals surface area (Å²) in [6.45, 7) is 6.50. The van der Waals surface area contributed by atoms with Crippen molar-refractivity contribution < 1.29 is 14.0 Å². The summed E-state index contributed by atoms with van der Waals surface area (Å²) >= 11 is 0. The van der Waals surface area contributed by atoms with E-state index in [2.05, 4.69) is 19.6 Å². The molecule has 0 unspecified atom stereocenters. The van der Waals surface area contributed by atoms with Gasteiger partial charge in [0.05, 0.1) is 13.2 Å². The van der Waals surface area contributed by atoms with Gasteiger partial charge in [-0.1, -0.05) is 12.1 Å². The van der Waals surface area contributed by atoms with Gasteiger partial charge in [-0.25, -0.2) is 0 Å². The van der Waals surface area contributed by atoms with Gasteiger partial charge in [0.2, 0.25) is 0 Å². The molecule has 0 spiro atoms. The number of rotatable bonds is 5. The monoisotopic (exact) mass is 292 g/mol. The first-order valence-corrected chi connectivity index (χ1v) is 10.7. The molecular weight excluding hydrogens is 268 g/mol. The summed E-state index contributed by atoms with van der Waals surface area (Å²) in [6, 6.07) is 7.93. The van der Waals surface area contributed by atoms with Crippen molar-refractivity contribution in [2.45, 2.75) is 45.0 Å². The standard InChI is InChI=1S/C16H24O3Si/c1-18-13-8-5-7-12(11-13)16(19-20(2,3)4)14-9-6-10-15(14)17/h5,7-8,11,14,16H,6,9-10H2,1-4H3/t14-,16-/m0/s1. The molecule has 0 aromatic heterocycles. The minimum atomic E-state index is -1.72. The van der Waals surface area contributed by atoms with Crippen LogP contribution in [-0.2, 0) is 9.22 Å². The number of benzene rings is 1. The van der Waals surface area contributed by atoms with Crippen LogP contribution in [0, 0.1) is 5.92 Å². The maximum Gasteiger partial charge on any atom is 0.184 e. The summed E-state index contributed by atoms with van der Waals surface area (Å²) in [5.41, 5.74) is 1.06. The fourth-order valence-corrected chi connectivity index (χ4v) is 3.81. The highest BCUT2D eigenvalue weighted by molar-refractivity contribution is 6.69. The summed E-state index contributed by atoms with van der Waals surface area (Å²) in [4.78, 5) is 12.1. The highest BCUT2D eigenvalue weighted by Gasteiger charge is 2.36. The van der Waals surface area contributed by atoms with Crippen molar-refractivity contribution >= 4 is 14.1 Å². The Labute approximate surface area is 122 Å². The number of hydrogen-bond acceptors (Lipinski definition) is 3. The summed E-state index contributed by atoms with van der Waals surface area (Å²) in [6.07, 6.45) is 2.50. The molecule has 1 aromatic rings. The molecule has 0 radical (unpaired) electrons. The Hall–Kier alpha value is -1.13. The molecule has 1 saturated carbocycles. The topological polar surface area (TPSA) is 35.5 Å². The molecular formula is C16H24O3Si. The van der Waals surface area contributed by atoms with Crippen molar-refractivity contribution in [1.29, 1.82) is 0 Å². The molecule has 4 heteroatoms. The molecule has 20 heavy (non-hydrogen) atoms. The molecule has 0 bridgehead atoms. The Kier molecular flexibility index (Phi) is 4.65. The maximum absolute atomic E-state index is 12.1. The summed E-state index contributed by atoms with van der Waals surface area (Å²) in [5, 5.41) is 0. The predicted octanol–water partition coefficient (Wildman–Crippen LogP) is 3.96. The van der Waals surface area contributed by atoms with Crippen LogP contribution < -0.4 is 4.74 Å². The quantitative estimate of drug-likeness (QED) is 0.771. The zero-order valence-electron chi connectivity index (χ0n) is 12.8. The molecule has 0 saturated heterocycles. The first-order valence-electron chi connectivity index (χ1n) is 7.25. The van der Waals surface area contributed by atoms with Crippen LogP contribution in [0.4, 0.5) is 0 Å². The third-order valence-corrected chi connectivity index (χ3v) is 4.58. The van der Waals surface area contributed by atoms with Crippen molar-refractivity contribution in [1.82, 2.24) is 0 Å². The zero-order valence-corrected chi connectivity index (χ0v) is 13.8. The second-order valence-electron chi connectivity index (χ2n) is 6.39. The lowest BCUT2D eigenvalue weighted by molar-refractivity contribution is -0.123. The van der Waals surface area contributed by atoms with Crippen molar-refractivity contribution in [3.63, 3.8) is 0 Å². The summed E-state index contributed by atoms with van der Waals surface area (Å²) in [7, 11) is -0.0599. The van der Waals surface area contributed by atoms with Crippen LogP contribution in [0.15, 0.2) is 24.3 Å². The van der Waals surface area contributed by atoms with Crippen molar-refractivity contribution in [3.05, 3.63) is 29.8 Å². The number of carbonyl (C=O) groups is 1. The van der Waals surface area contributed by atoms with E-state index in [0.717, 1.165) is 24.2 Å². The van der Waals surface area contributed by atoms with Gasteiger partial charge in [-0.3, -0.25) is 4.79 Å². The van der Waals surface area contributed by atoms with E-state index in [0.29, 0.717) is 12.2 Å². The summed E-state index contributed by atoms with van der Waals surface area (Å²) in [5.74, 6) is 1.17.